The average molecular weight is 329 g/mol. The van der Waals surface area contributed by atoms with Crippen molar-refractivity contribution in [3.63, 3.8) is 0 Å². The first kappa shape index (κ1) is 17.4. The van der Waals surface area contributed by atoms with E-state index in [1.54, 1.807) is 0 Å². The molecule has 1 atom stereocenters. The number of nitrogens with one attached hydrogen (secondary N) is 1. The van der Waals surface area contributed by atoms with E-state index in [9.17, 15) is 30.8 Å². The smallest absolute Gasteiger partial charge is 0.372 e. The molecule has 0 spiro atoms. The molecule has 1 rings (SSSR count). The van der Waals surface area contributed by atoms with Gasteiger partial charge in [-0.05, 0) is 25.1 Å². The number of rotatable bonds is 4. The second-order valence-electron chi connectivity index (χ2n) is 3.99. The number of halogens is 4. The SMILES string of the molecule is COC(C)C(=O)NS(=O)(=O)c1ccc(F)cc1C(F)(F)F. The summed E-state index contributed by atoms with van der Waals surface area (Å²) >= 11 is 0. The van der Waals surface area contributed by atoms with E-state index in [1.165, 1.54) is 11.6 Å². The number of hydrogen-bond acceptors (Lipinski definition) is 4. The molecular weight excluding hydrogens is 318 g/mol. The largest absolute Gasteiger partial charge is 0.417 e. The van der Waals surface area contributed by atoms with Gasteiger partial charge >= 0.3 is 6.18 Å². The summed E-state index contributed by atoms with van der Waals surface area (Å²) in [6.07, 6.45) is -6.28. The summed E-state index contributed by atoms with van der Waals surface area (Å²) in [5.41, 5.74) is -1.70. The molecule has 5 nitrogen and oxygen atoms in total. The molecule has 0 heterocycles. The monoisotopic (exact) mass is 329 g/mol. The van der Waals surface area contributed by atoms with E-state index in [2.05, 4.69) is 4.74 Å². The normalized spacial score (nSPS) is 13.8. The van der Waals surface area contributed by atoms with Crippen molar-refractivity contribution >= 4 is 15.9 Å². The van der Waals surface area contributed by atoms with E-state index >= 15 is 0 Å². The lowest BCUT2D eigenvalue weighted by atomic mass is 10.2. The van der Waals surface area contributed by atoms with Crippen LogP contribution in [0.2, 0.25) is 0 Å². The van der Waals surface area contributed by atoms with Crippen molar-refractivity contribution in [1.82, 2.24) is 4.72 Å². The molecule has 1 N–H and O–H groups in total. The Labute approximate surface area is 118 Å². The number of amides is 1. The number of benzene rings is 1. The first-order valence-corrected chi connectivity index (χ1v) is 6.93. The number of carbonyl (C=O) groups excluding carboxylic acids is 1. The Morgan fingerprint density at radius 3 is 2.38 bits per heavy atom. The third kappa shape index (κ3) is 4.14. The van der Waals surface area contributed by atoms with E-state index in [1.807, 2.05) is 0 Å². The van der Waals surface area contributed by atoms with Gasteiger partial charge in [-0.25, -0.2) is 17.5 Å². The first-order chi connectivity index (χ1) is 9.49. The minimum atomic E-state index is -5.10. The summed E-state index contributed by atoms with van der Waals surface area (Å²) in [6, 6.07) is 1.03. The van der Waals surface area contributed by atoms with E-state index in [4.69, 9.17) is 0 Å². The van der Waals surface area contributed by atoms with Gasteiger partial charge in [-0.2, -0.15) is 13.2 Å². The summed E-state index contributed by atoms with van der Waals surface area (Å²) in [7, 11) is -3.69. The summed E-state index contributed by atoms with van der Waals surface area (Å²) < 4.78 is 80.8. The van der Waals surface area contributed by atoms with Gasteiger partial charge < -0.3 is 4.74 Å². The lowest BCUT2D eigenvalue weighted by Crippen LogP contribution is -2.38. The number of sulfonamides is 1. The lowest BCUT2D eigenvalue weighted by molar-refractivity contribution is -0.140. The summed E-state index contributed by atoms with van der Waals surface area (Å²) in [5.74, 6) is -2.40. The van der Waals surface area contributed by atoms with Crippen LogP contribution in [0.25, 0.3) is 0 Å². The Bertz CT molecular complexity index is 642. The van der Waals surface area contributed by atoms with Crippen LogP contribution in [0.3, 0.4) is 0 Å². The third-order valence-electron chi connectivity index (χ3n) is 2.49. The van der Waals surface area contributed by atoms with Gasteiger partial charge in [0, 0.05) is 7.11 Å². The molecule has 1 aromatic carbocycles. The quantitative estimate of drug-likeness (QED) is 0.853. The van der Waals surface area contributed by atoms with Gasteiger partial charge in [0.25, 0.3) is 15.9 Å². The van der Waals surface area contributed by atoms with Crippen LogP contribution in [0.5, 0.6) is 0 Å². The Balaban J connectivity index is 3.30. The van der Waals surface area contributed by atoms with Gasteiger partial charge in [0.1, 0.15) is 11.9 Å². The lowest BCUT2D eigenvalue weighted by Gasteiger charge is -2.15. The maximum atomic E-state index is 12.9. The molecule has 0 radical (unpaired) electrons. The van der Waals surface area contributed by atoms with Gasteiger partial charge in [0.05, 0.1) is 10.5 Å². The summed E-state index contributed by atoms with van der Waals surface area (Å²) in [6.45, 7) is 1.21. The molecule has 21 heavy (non-hydrogen) atoms. The number of methoxy groups -OCH3 is 1. The van der Waals surface area contributed by atoms with Crippen LogP contribution in [-0.4, -0.2) is 27.5 Å². The van der Waals surface area contributed by atoms with E-state index in [0.717, 1.165) is 7.11 Å². The molecule has 118 valence electrons. The van der Waals surface area contributed by atoms with Crippen molar-refractivity contribution in [2.45, 2.75) is 24.1 Å². The zero-order valence-electron chi connectivity index (χ0n) is 10.9. The van der Waals surface area contributed by atoms with Crippen molar-refractivity contribution in [2.75, 3.05) is 7.11 Å². The third-order valence-corrected chi connectivity index (χ3v) is 3.90. The van der Waals surface area contributed by atoms with Crippen LogP contribution in [0.1, 0.15) is 12.5 Å². The van der Waals surface area contributed by atoms with Crippen LogP contribution in [-0.2, 0) is 25.7 Å². The summed E-state index contributed by atoms with van der Waals surface area (Å²) in [5, 5.41) is 0. The fourth-order valence-electron chi connectivity index (χ4n) is 1.34. The highest BCUT2D eigenvalue weighted by atomic mass is 32.2. The zero-order chi connectivity index (χ0) is 16.4. The van der Waals surface area contributed by atoms with Gasteiger partial charge in [0.15, 0.2) is 0 Å². The van der Waals surface area contributed by atoms with Crippen LogP contribution < -0.4 is 4.72 Å². The molecule has 10 heteroatoms. The molecule has 1 amide bonds. The Morgan fingerprint density at radius 1 is 1.33 bits per heavy atom. The predicted octanol–water partition coefficient (Wildman–Crippen LogP) is 1.68. The topological polar surface area (TPSA) is 72.5 Å². The number of alkyl halides is 3. The van der Waals surface area contributed by atoms with Crippen molar-refractivity contribution in [1.29, 1.82) is 0 Å². The van der Waals surface area contributed by atoms with Gasteiger partial charge in [-0.15, -0.1) is 0 Å². The second kappa shape index (κ2) is 5.98. The maximum Gasteiger partial charge on any atom is 0.417 e. The van der Waals surface area contributed by atoms with Crippen molar-refractivity contribution in [2.24, 2.45) is 0 Å². The van der Waals surface area contributed by atoms with Crippen LogP contribution in [0, 0.1) is 5.82 Å². The van der Waals surface area contributed by atoms with Gasteiger partial charge in [0.2, 0.25) is 0 Å². The van der Waals surface area contributed by atoms with Crippen molar-refractivity contribution in [3.8, 4) is 0 Å². The molecule has 0 fully saturated rings. The van der Waals surface area contributed by atoms with Crippen LogP contribution in [0.4, 0.5) is 17.6 Å². The predicted molar refractivity (Wildman–Crippen MR) is 63.2 cm³/mol. The molecule has 0 bridgehead atoms. The number of ether oxygens (including phenoxy) is 1. The fourth-order valence-corrected chi connectivity index (χ4v) is 2.59. The maximum absolute atomic E-state index is 12.9. The minimum Gasteiger partial charge on any atom is -0.372 e. The van der Waals surface area contributed by atoms with Gasteiger partial charge in [-0.3, -0.25) is 4.79 Å². The molecule has 0 aliphatic heterocycles. The highest BCUT2D eigenvalue weighted by molar-refractivity contribution is 7.90. The molecule has 1 unspecified atom stereocenters. The van der Waals surface area contributed by atoms with E-state index in [0.29, 0.717) is 12.1 Å². The average Bonchev–Trinajstić information content (AvgIpc) is 2.35. The van der Waals surface area contributed by atoms with Gasteiger partial charge in [-0.1, -0.05) is 0 Å². The Hall–Kier alpha value is -1.68. The number of hydrogen-bond donors (Lipinski definition) is 1. The van der Waals surface area contributed by atoms with Crippen LogP contribution >= 0.6 is 0 Å². The highest BCUT2D eigenvalue weighted by Gasteiger charge is 2.38. The molecule has 0 saturated carbocycles. The standard InChI is InChI=1S/C11H11F4NO4S/c1-6(20-2)10(17)16-21(18,19)9-4-3-7(12)5-8(9)11(13,14)15/h3-6H,1-2H3,(H,16,17). The Morgan fingerprint density at radius 2 is 1.90 bits per heavy atom. The summed E-state index contributed by atoms with van der Waals surface area (Å²) in [4.78, 5) is 10.2. The molecule has 0 saturated heterocycles. The number of carbonyl (C=O) groups is 1. The van der Waals surface area contributed by atoms with E-state index < -0.39 is 44.5 Å². The molecule has 1 aromatic rings. The van der Waals surface area contributed by atoms with E-state index in [-0.39, 0.29) is 6.07 Å². The molecular formula is C11H11F4NO4S. The van der Waals surface area contributed by atoms with Crippen molar-refractivity contribution in [3.05, 3.63) is 29.6 Å². The highest BCUT2D eigenvalue weighted by Crippen LogP contribution is 2.34. The fraction of sp³-hybridized carbons (Fsp3) is 0.364. The molecule has 0 aliphatic rings. The molecule has 0 aliphatic carbocycles. The molecule has 0 aromatic heterocycles. The Kier molecular flexibility index (Phi) is 4.95. The van der Waals surface area contributed by atoms with Crippen LogP contribution in [0.15, 0.2) is 23.1 Å². The van der Waals surface area contributed by atoms with Crippen molar-refractivity contribution < 1.29 is 35.5 Å². The first-order valence-electron chi connectivity index (χ1n) is 5.45. The second-order valence-corrected chi connectivity index (χ2v) is 5.64. The minimum absolute atomic E-state index is 0.0405. The zero-order valence-corrected chi connectivity index (χ0v) is 11.7.